The molecule has 1 aliphatic rings. The van der Waals surface area contributed by atoms with Crippen molar-refractivity contribution in [2.45, 2.75) is 19.1 Å². The van der Waals surface area contributed by atoms with Gasteiger partial charge in [0.25, 0.3) is 0 Å². The number of alkyl halides is 3. The Morgan fingerprint density at radius 1 is 1.23 bits per heavy atom. The van der Waals surface area contributed by atoms with Crippen LogP contribution in [-0.4, -0.2) is 10.7 Å². The second kappa shape index (κ2) is 4.77. The van der Waals surface area contributed by atoms with Crippen molar-refractivity contribution in [2.24, 2.45) is 5.41 Å². The number of nitrogens with zero attached hydrogens (tertiary/aromatic N) is 2. The highest BCUT2D eigenvalue weighted by Crippen LogP contribution is 2.52. The largest absolute Gasteiger partial charge is 0.399 e. The van der Waals surface area contributed by atoms with Crippen molar-refractivity contribution >= 4 is 10.9 Å². The maximum atomic E-state index is 13.7. The second-order valence-corrected chi connectivity index (χ2v) is 5.56. The summed E-state index contributed by atoms with van der Waals surface area (Å²) in [5.41, 5.74) is -1.35. The maximum absolute atomic E-state index is 13.7. The van der Waals surface area contributed by atoms with Gasteiger partial charge in [-0.2, -0.15) is 18.4 Å². The van der Waals surface area contributed by atoms with Crippen LogP contribution >= 0.6 is 0 Å². The molecule has 2 aromatic rings. The van der Waals surface area contributed by atoms with Crippen molar-refractivity contribution < 1.29 is 13.2 Å². The summed E-state index contributed by atoms with van der Waals surface area (Å²) in [6, 6.07) is 9.79. The first-order chi connectivity index (χ1) is 10.4. The van der Waals surface area contributed by atoms with E-state index in [4.69, 9.17) is 0 Å². The van der Waals surface area contributed by atoms with Crippen LogP contribution in [0, 0.1) is 16.7 Å². The number of halogens is 3. The summed E-state index contributed by atoms with van der Waals surface area (Å²) in [6.45, 7) is 1.13. The lowest BCUT2D eigenvalue weighted by Crippen LogP contribution is -2.43. The monoisotopic (exact) mass is 302 g/mol. The zero-order chi connectivity index (χ0) is 16.0. The van der Waals surface area contributed by atoms with Crippen LogP contribution in [0.25, 0.3) is 10.9 Å². The third kappa shape index (κ3) is 1.95. The maximum Gasteiger partial charge on any atom is 0.399 e. The molecular formula is C17H13F3N2. The van der Waals surface area contributed by atoms with E-state index in [1.54, 1.807) is 29.0 Å². The van der Waals surface area contributed by atoms with Crippen molar-refractivity contribution in [1.82, 2.24) is 4.57 Å². The zero-order valence-corrected chi connectivity index (χ0v) is 11.8. The van der Waals surface area contributed by atoms with Crippen molar-refractivity contribution in [3.8, 4) is 6.07 Å². The average molecular weight is 302 g/mol. The summed E-state index contributed by atoms with van der Waals surface area (Å²) in [6.07, 6.45) is 1.05. The average Bonchev–Trinajstić information content (AvgIpc) is 2.89. The van der Waals surface area contributed by atoms with Gasteiger partial charge < -0.3 is 4.57 Å². The molecule has 2 atom stereocenters. The van der Waals surface area contributed by atoms with E-state index < -0.39 is 17.6 Å². The first-order valence-corrected chi connectivity index (χ1v) is 6.80. The van der Waals surface area contributed by atoms with Gasteiger partial charge in [0.15, 0.2) is 0 Å². The Hall–Kier alpha value is -2.48. The molecule has 2 nitrogen and oxygen atoms in total. The topological polar surface area (TPSA) is 28.7 Å². The minimum absolute atomic E-state index is 0.101. The van der Waals surface area contributed by atoms with Crippen LogP contribution in [0.5, 0.6) is 0 Å². The third-order valence-electron chi connectivity index (χ3n) is 4.23. The first kappa shape index (κ1) is 14.5. The van der Waals surface area contributed by atoms with Crippen molar-refractivity contribution in [2.75, 3.05) is 0 Å². The Morgan fingerprint density at radius 3 is 2.64 bits per heavy atom. The van der Waals surface area contributed by atoms with Gasteiger partial charge in [-0.3, -0.25) is 0 Å². The molecule has 2 unspecified atom stereocenters. The number of hydrogen-bond donors (Lipinski definition) is 0. The van der Waals surface area contributed by atoms with Gasteiger partial charge in [-0.15, -0.1) is 0 Å². The molecule has 0 N–H and O–H groups in total. The van der Waals surface area contributed by atoms with Crippen LogP contribution in [0.1, 0.15) is 13.0 Å². The minimum atomic E-state index is -4.46. The second-order valence-electron chi connectivity index (χ2n) is 5.56. The molecule has 1 aromatic carbocycles. The number of rotatable bonds is 1. The highest BCUT2D eigenvalue weighted by atomic mass is 19.4. The fourth-order valence-corrected chi connectivity index (χ4v) is 2.97. The highest BCUT2D eigenvalue weighted by molar-refractivity contribution is 5.80. The molecule has 22 heavy (non-hydrogen) atoms. The third-order valence-corrected chi connectivity index (χ3v) is 4.23. The molecule has 0 saturated heterocycles. The van der Waals surface area contributed by atoms with Gasteiger partial charge in [-0.05, 0) is 30.5 Å². The Morgan fingerprint density at radius 2 is 1.95 bits per heavy atom. The normalized spacial score (nSPS) is 25.0. The number of hydrogen-bond acceptors (Lipinski definition) is 1. The van der Waals surface area contributed by atoms with E-state index in [-0.39, 0.29) is 5.57 Å². The molecule has 0 saturated carbocycles. The summed E-state index contributed by atoms with van der Waals surface area (Å²) in [7, 11) is 0. The van der Waals surface area contributed by atoms with E-state index in [1.165, 1.54) is 12.2 Å². The smallest absolute Gasteiger partial charge is 0.338 e. The molecule has 112 valence electrons. The number of allylic oxidation sites excluding steroid dienone is 4. The number of benzene rings is 1. The van der Waals surface area contributed by atoms with E-state index in [0.717, 1.165) is 18.4 Å². The molecule has 1 heterocycles. The van der Waals surface area contributed by atoms with Gasteiger partial charge >= 0.3 is 6.18 Å². The lowest BCUT2D eigenvalue weighted by atomic mass is 9.74. The van der Waals surface area contributed by atoms with Crippen LogP contribution in [0.2, 0.25) is 0 Å². The van der Waals surface area contributed by atoms with E-state index in [9.17, 15) is 18.4 Å². The van der Waals surface area contributed by atoms with E-state index >= 15 is 0 Å². The molecule has 1 aliphatic carbocycles. The van der Waals surface area contributed by atoms with Gasteiger partial charge in [0.2, 0.25) is 0 Å². The van der Waals surface area contributed by atoms with Gasteiger partial charge in [0, 0.05) is 11.7 Å². The number of nitriles is 1. The predicted octanol–water partition coefficient (Wildman–Crippen LogP) is 4.77. The standard InChI is InChI=1S/C17H13F3N2/c1-16(17(18,19)20)9-4-6-13(11-21)15(16)22-10-8-12-5-2-3-7-14(12)22/h2-10,15H,1H3. The Bertz CT molecular complexity index is 820. The predicted molar refractivity (Wildman–Crippen MR) is 78.0 cm³/mol. The first-order valence-electron chi connectivity index (χ1n) is 6.80. The Balaban J connectivity index is 2.26. The number of aromatic nitrogens is 1. The van der Waals surface area contributed by atoms with Crippen molar-refractivity contribution in [3.63, 3.8) is 0 Å². The quantitative estimate of drug-likeness (QED) is 0.746. The molecule has 0 spiro atoms. The SMILES string of the molecule is CC1(C(F)(F)F)C=CC=C(C#N)C1n1ccc2ccccc21. The zero-order valence-electron chi connectivity index (χ0n) is 11.8. The van der Waals surface area contributed by atoms with Crippen LogP contribution in [0.3, 0.4) is 0 Å². The molecular weight excluding hydrogens is 289 g/mol. The number of para-hydroxylation sites is 1. The van der Waals surface area contributed by atoms with Gasteiger partial charge in [-0.1, -0.05) is 30.4 Å². The Labute approximate surface area is 125 Å². The molecule has 0 fully saturated rings. The molecule has 1 aromatic heterocycles. The van der Waals surface area contributed by atoms with Crippen molar-refractivity contribution in [1.29, 1.82) is 5.26 Å². The van der Waals surface area contributed by atoms with E-state index in [1.807, 2.05) is 18.2 Å². The summed E-state index contributed by atoms with van der Waals surface area (Å²) >= 11 is 0. The summed E-state index contributed by atoms with van der Waals surface area (Å²) in [5.74, 6) is 0. The van der Waals surface area contributed by atoms with Crippen LogP contribution in [-0.2, 0) is 0 Å². The lowest BCUT2D eigenvalue weighted by molar-refractivity contribution is -0.210. The summed E-state index contributed by atoms with van der Waals surface area (Å²) in [5, 5.41) is 10.1. The van der Waals surface area contributed by atoms with Crippen LogP contribution in [0.15, 0.2) is 60.3 Å². The number of fused-ring (bicyclic) bond motifs is 1. The molecule has 0 radical (unpaired) electrons. The van der Waals surface area contributed by atoms with Gasteiger partial charge in [-0.25, -0.2) is 0 Å². The molecule has 0 amide bonds. The highest BCUT2D eigenvalue weighted by Gasteiger charge is 2.57. The summed E-state index contributed by atoms with van der Waals surface area (Å²) < 4.78 is 42.6. The van der Waals surface area contributed by atoms with E-state index in [0.29, 0.717) is 5.52 Å². The van der Waals surface area contributed by atoms with Crippen LogP contribution < -0.4 is 0 Å². The van der Waals surface area contributed by atoms with Crippen molar-refractivity contribution in [3.05, 3.63) is 60.3 Å². The molecule has 0 aliphatic heterocycles. The molecule has 3 rings (SSSR count). The molecule has 0 bridgehead atoms. The fourth-order valence-electron chi connectivity index (χ4n) is 2.97. The molecule has 5 heteroatoms. The summed E-state index contributed by atoms with van der Waals surface area (Å²) in [4.78, 5) is 0. The fraction of sp³-hybridized carbons (Fsp3) is 0.235. The van der Waals surface area contributed by atoms with Crippen LogP contribution in [0.4, 0.5) is 13.2 Å². The van der Waals surface area contributed by atoms with Gasteiger partial charge in [0.1, 0.15) is 5.41 Å². The van der Waals surface area contributed by atoms with Gasteiger partial charge in [0.05, 0.1) is 17.7 Å². The Kier molecular flexibility index (Phi) is 3.13. The lowest BCUT2D eigenvalue weighted by Gasteiger charge is -2.39. The minimum Gasteiger partial charge on any atom is -0.338 e. The van der Waals surface area contributed by atoms with E-state index in [2.05, 4.69) is 0 Å².